The fraction of sp³-hybridized carbons (Fsp3) is 0.769. The van der Waals surface area contributed by atoms with Crippen molar-refractivity contribution in [2.45, 2.75) is 52.6 Å². The number of nitrogens with one attached hydrogen (secondary N) is 2. The number of hydrogen-bond acceptors (Lipinski definition) is 3. The highest BCUT2D eigenvalue weighted by molar-refractivity contribution is 5.88. The molecule has 0 aliphatic rings. The van der Waals surface area contributed by atoms with Crippen LogP contribution in [-0.4, -0.2) is 53.1 Å². The van der Waals surface area contributed by atoms with E-state index in [0.717, 1.165) is 0 Å². The predicted octanol–water partition coefficient (Wildman–Crippen LogP) is 0.796. The first-order valence-corrected chi connectivity index (χ1v) is 6.95. The van der Waals surface area contributed by atoms with E-state index in [-0.39, 0.29) is 5.91 Å². The minimum Gasteiger partial charge on any atom is -0.480 e. The van der Waals surface area contributed by atoms with Crippen LogP contribution >= 0.6 is 0 Å². The number of carbonyl (C=O) groups is 3. The van der Waals surface area contributed by atoms with Gasteiger partial charge in [0.15, 0.2) is 0 Å². The van der Waals surface area contributed by atoms with E-state index >= 15 is 0 Å². The summed E-state index contributed by atoms with van der Waals surface area (Å²) in [7, 11) is 0. The van der Waals surface area contributed by atoms with E-state index < -0.39 is 24.1 Å². The van der Waals surface area contributed by atoms with E-state index in [0.29, 0.717) is 25.9 Å². The molecule has 3 N–H and O–H groups in total. The smallest absolute Gasteiger partial charge is 0.326 e. The fourth-order valence-corrected chi connectivity index (χ4v) is 1.81. The molecular weight excluding hydrogens is 262 g/mol. The third-order valence-corrected chi connectivity index (χ3v) is 2.97. The minimum atomic E-state index is -1.08. The normalized spacial score (nSPS) is 13.2. The largest absolute Gasteiger partial charge is 0.480 e. The van der Waals surface area contributed by atoms with Crippen LogP contribution in [-0.2, 0) is 9.59 Å². The van der Waals surface area contributed by atoms with Crippen LogP contribution in [0.25, 0.3) is 0 Å². The summed E-state index contributed by atoms with van der Waals surface area (Å²) < 4.78 is 0. The van der Waals surface area contributed by atoms with Crippen molar-refractivity contribution in [2.75, 3.05) is 13.1 Å². The molecule has 116 valence electrons. The maximum absolute atomic E-state index is 12.0. The van der Waals surface area contributed by atoms with E-state index in [1.807, 2.05) is 20.8 Å². The molecule has 0 bridgehead atoms. The van der Waals surface area contributed by atoms with Gasteiger partial charge in [-0.05, 0) is 27.2 Å². The molecule has 0 saturated carbocycles. The molecule has 2 atom stereocenters. The van der Waals surface area contributed by atoms with Gasteiger partial charge in [0.1, 0.15) is 12.1 Å². The van der Waals surface area contributed by atoms with Crippen molar-refractivity contribution in [1.82, 2.24) is 15.5 Å². The van der Waals surface area contributed by atoms with E-state index in [1.165, 1.54) is 0 Å². The van der Waals surface area contributed by atoms with Crippen LogP contribution < -0.4 is 10.6 Å². The van der Waals surface area contributed by atoms with Gasteiger partial charge in [-0.15, -0.1) is 0 Å². The van der Waals surface area contributed by atoms with Crippen molar-refractivity contribution in [1.29, 1.82) is 0 Å². The Balaban J connectivity index is 4.44. The molecule has 0 fully saturated rings. The van der Waals surface area contributed by atoms with E-state index in [2.05, 4.69) is 10.6 Å². The molecule has 0 rings (SSSR count). The molecule has 7 heteroatoms. The van der Waals surface area contributed by atoms with Gasteiger partial charge < -0.3 is 20.6 Å². The second-order valence-corrected chi connectivity index (χ2v) is 4.53. The second kappa shape index (κ2) is 9.17. The molecule has 3 amide bonds. The molecule has 7 nitrogen and oxygen atoms in total. The van der Waals surface area contributed by atoms with Crippen molar-refractivity contribution in [3.8, 4) is 0 Å². The maximum Gasteiger partial charge on any atom is 0.326 e. The van der Waals surface area contributed by atoms with Gasteiger partial charge in [-0.3, -0.25) is 4.79 Å². The SMILES string of the molecule is CCCC(NC(=O)NC(C)C(=O)N(CC)CC)C(=O)O. The topological polar surface area (TPSA) is 98.7 Å². The molecule has 2 unspecified atom stereocenters. The Morgan fingerprint density at radius 3 is 2.05 bits per heavy atom. The van der Waals surface area contributed by atoms with Crippen LogP contribution in [0.15, 0.2) is 0 Å². The molecule has 0 aromatic heterocycles. The van der Waals surface area contributed by atoms with Crippen LogP contribution in [0.1, 0.15) is 40.5 Å². The van der Waals surface area contributed by atoms with Crippen molar-refractivity contribution in [3.63, 3.8) is 0 Å². The second-order valence-electron chi connectivity index (χ2n) is 4.53. The van der Waals surface area contributed by atoms with Crippen molar-refractivity contribution in [2.24, 2.45) is 0 Å². The lowest BCUT2D eigenvalue weighted by Gasteiger charge is -2.24. The summed E-state index contributed by atoms with van der Waals surface area (Å²) in [6.45, 7) is 8.26. The third kappa shape index (κ3) is 5.90. The number of aliphatic carboxylic acids is 1. The number of carbonyl (C=O) groups excluding carboxylic acids is 2. The van der Waals surface area contributed by atoms with Crippen LogP contribution in [0.5, 0.6) is 0 Å². The van der Waals surface area contributed by atoms with E-state index in [1.54, 1.807) is 11.8 Å². The van der Waals surface area contributed by atoms with E-state index in [4.69, 9.17) is 5.11 Å². The zero-order valence-corrected chi connectivity index (χ0v) is 12.6. The van der Waals surface area contributed by atoms with Gasteiger partial charge in [0.25, 0.3) is 0 Å². The van der Waals surface area contributed by atoms with Gasteiger partial charge in [-0.1, -0.05) is 13.3 Å². The third-order valence-electron chi connectivity index (χ3n) is 2.97. The zero-order chi connectivity index (χ0) is 15.7. The van der Waals surface area contributed by atoms with E-state index in [9.17, 15) is 14.4 Å². The average molecular weight is 287 g/mol. The number of nitrogens with zero attached hydrogens (tertiary/aromatic N) is 1. The number of carboxylic acid groups (broad SMARTS) is 1. The summed E-state index contributed by atoms with van der Waals surface area (Å²) in [5, 5.41) is 13.8. The summed E-state index contributed by atoms with van der Waals surface area (Å²) in [4.78, 5) is 36.2. The Morgan fingerprint density at radius 2 is 1.65 bits per heavy atom. The minimum absolute atomic E-state index is 0.187. The first-order valence-electron chi connectivity index (χ1n) is 6.95. The summed E-state index contributed by atoms with van der Waals surface area (Å²) >= 11 is 0. The van der Waals surface area contributed by atoms with Crippen LogP contribution in [0.3, 0.4) is 0 Å². The van der Waals surface area contributed by atoms with Gasteiger partial charge >= 0.3 is 12.0 Å². The lowest BCUT2D eigenvalue weighted by molar-refractivity contribution is -0.139. The summed E-state index contributed by atoms with van der Waals surface area (Å²) in [6.07, 6.45) is 0.992. The average Bonchev–Trinajstić information content (AvgIpc) is 2.39. The van der Waals surface area contributed by atoms with Gasteiger partial charge in [0, 0.05) is 13.1 Å². The maximum atomic E-state index is 12.0. The predicted molar refractivity (Wildman–Crippen MR) is 75.4 cm³/mol. The first kappa shape index (κ1) is 18.2. The Labute approximate surface area is 119 Å². The Bertz CT molecular complexity index is 343. The number of amides is 3. The van der Waals surface area contributed by atoms with Crippen molar-refractivity contribution < 1.29 is 19.5 Å². The Kier molecular flexibility index (Phi) is 8.35. The van der Waals surface area contributed by atoms with Gasteiger partial charge in [-0.25, -0.2) is 9.59 Å². The van der Waals surface area contributed by atoms with Crippen LogP contribution in [0.2, 0.25) is 0 Å². The number of hydrogen-bond donors (Lipinski definition) is 3. The molecule has 0 aromatic rings. The van der Waals surface area contributed by atoms with Crippen LogP contribution in [0.4, 0.5) is 4.79 Å². The summed E-state index contributed by atoms with van der Waals surface area (Å²) in [5.41, 5.74) is 0. The molecule has 0 radical (unpaired) electrons. The Morgan fingerprint density at radius 1 is 1.10 bits per heavy atom. The first-order chi connectivity index (χ1) is 9.37. The van der Waals surface area contributed by atoms with Gasteiger partial charge in [0.2, 0.25) is 5.91 Å². The zero-order valence-electron chi connectivity index (χ0n) is 12.6. The van der Waals surface area contributed by atoms with Gasteiger partial charge in [0.05, 0.1) is 0 Å². The molecule has 0 aliphatic heterocycles. The molecule has 0 saturated heterocycles. The quantitative estimate of drug-likeness (QED) is 0.615. The number of urea groups is 1. The molecule has 0 aliphatic carbocycles. The summed E-state index contributed by atoms with van der Waals surface area (Å²) in [6, 6.07) is -2.26. The lowest BCUT2D eigenvalue weighted by atomic mass is 10.2. The van der Waals surface area contributed by atoms with Crippen LogP contribution in [0, 0.1) is 0 Å². The standard InChI is InChI=1S/C13H25N3O4/c1-5-8-10(12(18)19)15-13(20)14-9(4)11(17)16(6-2)7-3/h9-10H,5-8H2,1-4H3,(H,18,19)(H2,14,15,20). The highest BCUT2D eigenvalue weighted by Crippen LogP contribution is 1.98. The van der Waals surface area contributed by atoms with Crippen molar-refractivity contribution in [3.05, 3.63) is 0 Å². The monoisotopic (exact) mass is 287 g/mol. The number of carboxylic acids is 1. The number of likely N-dealkylation sites (N-methyl/N-ethyl adjacent to an activating group) is 1. The highest BCUT2D eigenvalue weighted by Gasteiger charge is 2.23. The Hall–Kier alpha value is -1.79. The van der Waals surface area contributed by atoms with Crippen molar-refractivity contribution >= 4 is 17.9 Å². The van der Waals surface area contributed by atoms with Gasteiger partial charge in [-0.2, -0.15) is 0 Å². The molecule has 0 spiro atoms. The fourth-order valence-electron chi connectivity index (χ4n) is 1.81. The summed E-state index contributed by atoms with van der Waals surface area (Å²) in [5.74, 6) is -1.27. The molecule has 20 heavy (non-hydrogen) atoms. The number of rotatable bonds is 8. The highest BCUT2D eigenvalue weighted by atomic mass is 16.4. The molecule has 0 heterocycles. The molecular formula is C13H25N3O4. The lowest BCUT2D eigenvalue weighted by Crippen LogP contribution is -2.53. The molecule has 0 aromatic carbocycles.